The lowest BCUT2D eigenvalue weighted by Gasteiger charge is -2.41. The summed E-state index contributed by atoms with van der Waals surface area (Å²) in [5.41, 5.74) is 4.59. The summed E-state index contributed by atoms with van der Waals surface area (Å²) in [7, 11) is 0. The smallest absolute Gasteiger partial charge is 0.122 e. The molecule has 14 heavy (non-hydrogen) atoms. The molecule has 1 fully saturated rings. The fraction of sp³-hybridized carbons (Fsp3) is 0.909. The van der Waals surface area contributed by atoms with Gasteiger partial charge in [0, 0.05) is 18.4 Å². The Morgan fingerprint density at radius 3 is 2.71 bits per heavy atom. The average molecular weight is 199 g/mol. The van der Waals surface area contributed by atoms with Crippen molar-refractivity contribution in [2.45, 2.75) is 45.1 Å². The second kappa shape index (κ2) is 3.99. The SMILES string of the molecule is CC1CCC(CN)(C(C)(O)CC=O)C1. The molecule has 3 heteroatoms. The van der Waals surface area contributed by atoms with E-state index in [-0.39, 0.29) is 11.8 Å². The summed E-state index contributed by atoms with van der Waals surface area (Å²) in [5.74, 6) is 0.608. The van der Waals surface area contributed by atoms with E-state index in [2.05, 4.69) is 6.92 Å². The first-order valence-electron chi connectivity index (χ1n) is 5.33. The Balaban J connectivity index is 2.83. The number of carbonyl (C=O) groups excluding carboxylic acids is 1. The molecule has 0 radical (unpaired) electrons. The third-order valence-electron chi connectivity index (χ3n) is 3.87. The minimum absolute atomic E-state index is 0.191. The molecule has 0 aromatic carbocycles. The normalized spacial score (nSPS) is 36.7. The third kappa shape index (κ3) is 1.84. The molecular formula is C11H21NO2. The van der Waals surface area contributed by atoms with Crippen LogP contribution in [0.15, 0.2) is 0 Å². The van der Waals surface area contributed by atoms with Crippen molar-refractivity contribution in [1.29, 1.82) is 0 Å². The zero-order chi connectivity index (χ0) is 10.8. The van der Waals surface area contributed by atoms with Crippen LogP contribution >= 0.6 is 0 Å². The molecule has 3 nitrogen and oxygen atoms in total. The highest BCUT2D eigenvalue weighted by Crippen LogP contribution is 2.49. The Hall–Kier alpha value is -0.410. The van der Waals surface area contributed by atoms with E-state index in [9.17, 15) is 9.90 Å². The van der Waals surface area contributed by atoms with E-state index >= 15 is 0 Å². The molecule has 0 bridgehead atoms. The monoisotopic (exact) mass is 199 g/mol. The van der Waals surface area contributed by atoms with Crippen molar-refractivity contribution in [3.05, 3.63) is 0 Å². The van der Waals surface area contributed by atoms with Gasteiger partial charge < -0.3 is 15.6 Å². The molecule has 0 aromatic rings. The maximum Gasteiger partial charge on any atom is 0.122 e. The van der Waals surface area contributed by atoms with E-state index < -0.39 is 5.60 Å². The number of hydrogen-bond acceptors (Lipinski definition) is 3. The molecule has 1 saturated carbocycles. The standard InChI is InChI=1S/C11H21NO2/c1-9-3-4-11(7-9,8-12)10(2,14)5-6-13/h6,9,14H,3-5,7-8,12H2,1-2H3. The van der Waals surface area contributed by atoms with Crippen molar-refractivity contribution >= 4 is 6.29 Å². The molecular weight excluding hydrogens is 178 g/mol. The van der Waals surface area contributed by atoms with Gasteiger partial charge in [-0.05, 0) is 25.7 Å². The Labute approximate surface area is 85.7 Å². The minimum Gasteiger partial charge on any atom is -0.389 e. The van der Waals surface area contributed by atoms with E-state index in [0.717, 1.165) is 25.5 Å². The lowest BCUT2D eigenvalue weighted by atomic mass is 9.69. The zero-order valence-electron chi connectivity index (χ0n) is 9.12. The van der Waals surface area contributed by atoms with Crippen LogP contribution in [-0.4, -0.2) is 23.5 Å². The Morgan fingerprint density at radius 2 is 2.36 bits per heavy atom. The Morgan fingerprint density at radius 1 is 1.71 bits per heavy atom. The van der Waals surface area contributed by atoms with E-state index in [4.69, 9.17) is 5.73 Å². The van der Waals surface area contributed by atoms with Crippen LogP contribution in [0.25, 0.3) is 0 Å². The van der Waals surface area contributed by atoms with E-state index in [1.807, 2.05) is 0 Å². The van der Waals surface area contributed by atoms with Gasteiger partial charge in [0.1, 0.15) is 6.29 Å². The zero-order valence-corrected chi connectivity index (χ0v) is 9.12. The molecule has 1 rings (SSSR count). The van der Waals surface area contributed by atoms with Crippen molar-refractivity contribution < 1.29 is 9.90 Å². The molecule has 0 heterocycles. The predicted molar refractivity (Wildman–Crippen MR) is 55.8 cm³/mol. The third-order valence-corrected chi connectivity index (χ3v) is 3.87. The second-order valence-corrected chi connectivity index (χ2v) is 4.98. The molecule has 0 aromatic heterocycles. The highest BCUT2D eigenvalue weighted by molar-refractivity contribution is 5.51. The number of hydrogen-bond donors (Lipinski definition) is 2. The lowest BCUT2D eigenvalue weighted by Crippen LogP contribution is -2.49. The molecule has 0 spiro atoms. The highest BCUT2D eigenvalue weighted by atomic mass is 16.3. The molecule has 3 unspecified atom stereocenters. The lowest BCUT2D eigenvalue weighted by molar-refractivity contribution is -0.119. The fourth-order valence-electron chi connectivity index (χ4n) is 2.67. The van der Waals surface area contributed by atoms with Gasteiger partial charge in [-0.3, -0.25) is 0 Å². The molecule has 1 aliphatic carbocycles. The number of aliphatic hydroxyl groups is 1. The molecule has 1 aliphatic rings. The Bertz CT molecular complexity index is 215. The minimum atomic E-state index is -0.936. The number of aldehydes is 1. The summed E-state index contributed by atoms with van der Waals surface area (Å²) in [5, 5.41) is 10.3. The quantitative estimate of drug-likeness (QED) is 0.666. The maximum absolute atomic E-state index is 10.5. The molecule has 0 aliphatic heterocycles. The van der Waals surface area contributed by atoms with Crippen molar-refractivity contribution in [1.82, 2.24) is 0 Å². The molecule has 82 valence electrons. The summed E-state index contributed by atoms with van der Waals surface area (Å²) in [4.78, 5) is 10.5. The first-order valence-corrected chi connectivity index (χ1v) is 5.33. The summed E-state index contributed by atoms with van der Waals surface area (Å²) >= 11 is 0. The second-order valence-electron chi connectivity index (χ2n) is 4.98. The van der Waals surface area contributed by atoms with Gasteiger partial charge in [0.15, 0.2) is 0 Å². The van der Waals surface area contributed by atoms with E-state index in [1.54, 1.807) is 6.92 Å². The van der Waals surface area contributed by atoms with Gasteiger partial charge in [0.2, 0.25) is 0 Å². The molecule has 3 atom stereocenters. The van der Waals surface area contributed by atoms with Crippen LogP contribution in [0.2, 0.25) is 0 Å². The molecule has 0 saturated heterocycles. The topological polar surface area (TPSA) is 63.3 Å². The van der Waals surface area contributed by atoms with Crippen LogP contribution < -0.4 is 5.73 Å². The fourth-order valence-corrected chi connectivity index (χ4v) is 2.67. The van der Waals surface area contributed by atoms with Crippen LogP contribution in [0.1, 0.15) is 39.5 Å². The van der Waals surface area contributed by atoms with Gasteiger partial charge in [0.05, 0.1) is 5.60 Å². The predicted octanol–water partition coefficient (Wildman–Crippen LogP) is 1.09. The summed E-state index contributed by atoms with van der Waals surface area (Å²) in [6, 6.07) is 0. The van der Waals surface area contributed by atoms with Gasteiger partial charge in [-0.1, -0.05) is 13.3 Å². The first kappa shape index (κ1) is 11.7. The van der Waals surface area contributed by atoms with Crippen LogP contribution in [-0.2, 0) is 4.79 Å². The average Bonchev–Trinajstić information content (AvgIpc) is 2.49. The van der Waals surface area contributed by atoms with E-state index in [0.29, 0.717) is 12.5 Å². The van der Waals surface area contributed by atoms with Gasteiger partial charge in [0.25, 0.3) is 0 Å². The van der Waals surface area contributed by atoms with Crippen LogP contribution in [0.5, 0.6) is 0 Å². The summed E-state index contributed by atoms with van der Waals surface area (Å²) in [6.07, 6.45) is 3.96. The van der Waals surface area contributed by atoms with Crippen molar-refractivity contribution in [3.63, 3.8) is 0 Å². The van der Waals surface area contributed by atoms with Gasteiger partial charge in [-0.15, -0.1) is 0 Å². The first-order chi connectivity index (χ1) is 6.47. The maximum atomic E-state index is 10.5. The number of rotatable bonds is 4. The number of nitrogens with two attached hydrogens (primary N) is 1. The highest BCUT2D eigenvalue weighted by Gasteiger charge is 2.49. The largest absolute Gasteiger partial charge is 0.389 e. The summed E-state index contributed by atoms with van der Waals surface area (Å²) < 4.78 is 0. The van der Waals surface area contributed by atoms with Crippen molar-refractivity contribution in [2.75, 3.05) is 6.54 Å². The molecule has 0 amide bonds. The number of carbonyl (C=O) groups is 1. The van der Waals surface area contributed by atoms with Gasteiger partial charge in [-0.2, -0.15) is 0 Å². The van der Waals surface area contributed by atoms with E-state index in [1.165, 1.54) is 0 Å². The van der Waals surface area contributed by atoms with Crippen molar-refractivity contribution in [3.8, 4) is 0 Å². The van der Waals surface area contributed by atoms with Gasteiger partial charge in [-0.25, -0.2) is 0 Å². The van der Waals surface area contributed by atoms with Crippen LogP contribution in [0.4, 0.5) is 0 Å². The van der Waals surface area contributed by atoms with Gasteiger partial charge >= 0.3 is 0 Å². The van der Waals surface area contributed by atoms with Crippen molar-refractivity contribution in [2.24, 2.45) is 17.1 Å². The van der Waals surface area contributed by atoms with Crippen LogP contribution in [0, 0.1) is 11.3 Å². The van der Waals surface area contributed by atoms with Crippen LogP contribution in [0.3, 0.4) is 0 Å². The summed E-state index contributed by atoms with van der Waals surface area (Å²) in [6.45, 7) is 4.39. The molecule has 3 N–H and O–H groups in total. The Kier molecular flexibility index (Phi) is 3.32.